The lowest BCUT2D eigenvalue weighted by Gasteiger charge is -2.15. The summed E-state index contributed by atoms with van der Waals surface area (Å²) in [6.07, 6.45) is 0. The van der Waals surface area contributed by atoms with Gasteiger partial charge in [-0.25, -0.2) is 9.69 Å². The molecule has 5 rings (SSSR count). The van der Waals surface area contributed by atoms with E-state index in [2.05, 4.69) is 0 Å². The molecule has 2 amide bonds. The van der Waals surface area contributed by atoms with Gasteiger partial charge < -0.3 is 9.47 Å². The molecule has 0 fully saturated rings. The van der Waals surface area contributed by atoms with Crippen LogP contribution in [0.1, 0.15) is 52.6 Å². The van der Waals surface area contributed by atoms with Crippen molar-refractivity contribution in [2.24, 2.45) is 0 Å². The van der Waals surface area contributed by atoms with Crippen LogP contribution < -0.4 is 9.64 Å². The zero-order chi connectivity index (χ0) is 28.6. The number of aryl methyl sites for hydroxylation is 2. The molecule has 0 unspecified atom stereocenters. The molecular weight excluding hydrogens is 553 g/mol. The molecule has 0 bridgehead atoms. The van der Waals surface area contributed by atoms with Crippen LogP contribution in [-0.2, 0) is 4.74 Å². The summed E-state index contributed by atoms with van der Waals surface area (Å²) in [4.78, 5) is 52.3. The van der Waals surface area contributed by atoms with E-state index in [9.17, 15) is 19.2 Å². The predicted molar refractivity (Wildman–Crippen MR) is 151 cm³/mol. The molecule has 40 heavy (non-hydrogen) atoms. The van der Waals surface area contributed by atoms with E-state index in [4.69, 9.17) is 32.7 Å². The first-order chi connectivity index (χ1) is 19.1. The fourth-order valence-electron chi connectivity index (χ4n) is 4.19. The number of benzene rings is 4. The molecule has 0 saturated heterocycles. The number of fused-ring (bicyclic) bond motifs is 1. The molecule has 0 aromatic heterocycles. The van der Waals surface area contributed by atoms with Crippen LogP contribution in [0.15, 0.2) is 78.9 Å². The number of imide groups is 1. The summed E-state index contributed by atoms with van der Waals surface area (Å²) in [6.45, 7) is 3.45. The van der Waals surface area contributed by atoms with E-state index in [1.807, 2.05) is 32.0 Å². The molecule has 1 heterocycles. The first-order valence-electron chi connectivity index (χ1n) is 12.2. The van der Waals surface area contributed by atoms with Crippen LogP contribution in [0.5, 0.6) is 11.5 Å². The van der Waals surface area contributed by atoms with Crippen molar-refractivity contribution >= 4 is 52.5 Å². The van der Waals surface area contributed by atoms with Crippen molar-refractivity contribution in [2.45, 2.75) is 13.8 Å². The molecule has 4 aromatic rings. The number of rotatable bonds is 7. The highest BCUT2D eigenvalue weighted by Crippen LogP contribution is 2.32. The smallest absolute Gasteiger partial charge is 0.338 e. The Bertz CT molecular complexity index is 1700. The van der Waals surface area contributed by atoms with E-state index in [1.165, 1.54) is 36.4 Å². The molecule has 0 N–H and O–H groups in total. The highest BCUT2D eigenvalue weighted by atomic mass is 35.5. The Hall–Kier alpha value is -4.46. The molecule has 200 valence electrons. The van der Waals surface area contributed by atoms with Crippen molar-refractivity contribution in [3.05, 3.63) is 122 Å². The lowest BCUT2D eigenvalue weighted by atomic mass is 10.1. The summed E-state index contributed by atoms with van der Waals surface area (Å²) in [5, 5.41) is 0.506. The number of anilines is 1. The summed E-state index contributed by atoms with van der Waals surface area (Å²) in [7, 11) is 0. The van der Waals surface area contributed by atoms with Gasteiger partial charge in [0, 0.05) is 10.6 Å². The van der Waals surface area contributed by atoms with Gasteiger partial charge in [0.15, 0.2) is 6.61 Å². The molecule has 0 saturated carbocycles. The van der Waals surface area contributed by atoms with Crippen LogP contribution in [0.4, 0.5) is 5.69 Å². The number of ether oxygens (including phenoxy) is 2. The van der Waals surface area contributed by atoms with E-state index in [0.29, 0.717) is 22.2 Å². The lowest BCUT2D eigenvalue weighted by molar-refractivity contribution is 0.0474. The van der Waals surface area contributed by atoms with Crippen molar-refractivity contribution in [1.82, 2.24) is 0 Å². The van der Waals surface area contributed by atoms with Gasteiger partial charge >= 0.3 is 5.97 Å². The number of carbonyl (C=O) groups excluding carboxylic acids is 4. The van der Waals surface area contributed by atoms with Crippen LogP contribution in [-0.4, -0.2) is 30.2 Å². The number of carbonyl (C=O) groups is 4. The number of nitrogens with zero attached hydrogens (tertiary/aromatic N) is 1. The maximum atomic E-state index is 13.2. The minimum atomic E-state index is -0.826. The van der Waals surface area contributed by atoms with Gasteiger partial charge in [0.2, 0.25) is 5.78 Å². The van der Waals surface area contributed by atoms with Crippen molar-refractivity contribution in [3.63, 3.8) is 0 Å². The molecule has 9 heteroatoms. The number of Topliss-reactive ketones (excluding diaryl/α,β-unsaturated/α-hetero) is 1. The van der Waals surface area contributed by atoms with Crippen LogP contribution in [0, 0.1) is 13.8 Å². The maximum Gasteiger partial charge on any atom is 0.338 e. The van der Waals surface area contributed by atoms with Gasteiger partial charge in [-0.3, -0.25) is 14.4 Å². The summed E-state index contributed by atoms with van der Waals surface area (Å²) < 4.78 is 11.0. The van der Waals surface area contributed by atoms with E-state index < -0.39 is 30.2 Å². The van der Waals surface area contributed by atoms with Crippen molar-refractivity contribution in [3.8, 4) is 11.5 Å². The van der Waals surface area contributed by atoms with Crippen molar-refractivity contribution in [1.29, 1.82) is 0 Å². The standard InChI is InChI=1S/C31H21Cl2NO6/c1-17-3-8-23(13-18(17)2)40-22-9-6-21(7-10-22)34-29(36)24-11-4-19(14-26(24)30(34)37)31(38)39-16-28(35)25-12-5-20(32)15-27(25)33/h3-15H,16H2,1-2H3. The number of amides is 2. The van der Waals surface area contributed by atoms with Gasteiger partial charge in [-0.2, -0.15) is 0 Å². The number of ketones is 1. The Balaban J connectivity index is 1.28. The second-order valence-corrected chi connectivity index (χ2v) is 10.0. The molecule has 1 aliphatic rings. The van der Waals surface area contributed by atoms with Crippen molar-refractivity contribution in [2.75, 3.05) is 11.5 Å². The number of hydrogen-bond acceptors (Lipinski definition) is 6. The number of hydrogen-bond donors (Lipinski definition) is 0. The van der Waals surface area contributed by atoms with Gasteiger partial charge in [-0.05, 0) is 97.8 Å². The number of halogens is 2. The van der Waals surface area contributed by atoms with Crippen LogP contribution >= 0.6 is 23.2 Å². The second kappa shape index (κ2) is 11.0. The second-order valence-electron chi connectivity index (χ2n) is 9.17. The van der Waals surface area contributed by atoms with E-state index in [0.717, 1.165) is 16.0 Å². The van der Waals surface area contributed by atoms with E-state index in [1.54, 1.807) is 24.3 Å². The quantitative estimate of drug-likeness (QED) is 0.131. The molecule has 7 nitrogen and oxygen atoms in total. The largest absolute Gasteiger partial charge is 0.457 e. The maximum absolute atomic E-state index is 13.2. The average Bonchev–Trinajstić information content (AvgIpc) is 3.18. The zero-order valence-electron chi connectivity index (χ0n) is 21.4. The lowest BCUT2D eigenvalue weighted by Crippen LogP contribution is -2.29. The first kappa shape index (κ1) is 27.1. The number of esters is 1. The zero-order valence-corrected chi connectivity index (χ0v) is 22.9. The molecule has 0 aliphatic carbocycles. The highest BCUT2D eigenvalue weighted by Gasteiger charge is 2.37. The van der Waals surface area contributed by atoms with Gasteiger partial charge in [0.1, 0.15) is 11.5 Å². The van der Waals surface area contributed by atoms with Gasteiger partial charge in [-0.1, -0.05) is 29.3 Å². The third-order valence-corrected chi connectivity index (χ3v) is 7.04. The normalized spacial score (nSPS) is 12.3. The average molecular weight is 574 g/mol. The molecular formula is C31H21Cl2NO6. The Kier molecular flexibility index (Phi) is 7.43. The Labute approximate surface area is 239 Å². The molecule has 0 radical (unpaired) electrons. The Morgan fingerprint density at radius 1 is 0.750 bits per heavy atom. The molecule has 4 aromatic carbocycles. The monoisotopic (exact) mass is 573 g/mol. The minimum absolute atomic E-state index is 0.0221. The van der Waals surface area contributed by atoms with Crippen LogP contribution in [0.3, 0.4) is 0 Å². The fourth-order valence-corrected chi connectivity index (χ4v) is 4.70. The predicted octanol–water partition coefficient (Wildman–Crippen LogP) is 7.24. The van der Waals surface area contributed by atoms with E-state index >= 15 is 0 Å². The summed E-state index contributed by atoms with van der Waals surface area (Å²) in [5.41, 5.74) is 3.00. The Morgan fingerprint density at radius 2 is 1.45 bits per heavy atom. The summed E-state index contributed by atoms with van der Waals surface area (Å²) >= 11 is 11.9. The molecule has 0 atom stereocenters. The van der Waals surface area contributed by atoms with Gasteiger partial charge in [0.05, 0.1) is 27.4 Å². The highest BCUT2D eigenvalue weighted by molar-refractivity contribution is 6.37. The van der Waals surface area contributed by atoms with Gasteiger partial charge in [-0.15, -0.1) is 0 Å². The topological polar surface area (TPSA) is 90.0 Å². The SMILES string of the molecule is Cc1ccc(Oc2ccc(N3C(=O)c4ccc(C(=O)OCC(=O)c5ccc(Cl)cc5Cl)cc4C3=O)cc2)cc1C. The van der Waals surface area contributed by atoms with Crippen molar-refractivity contribution < 1.29 is 28.7 Å². The van der Waals surface area contributed by atoms with Crippen LogP contribution in [0.2, 0.25) is 10.0 Å². The third kappa shape index (κ3) is 5.34. The third-order valence-electron chi connectivity index (χ3n) is 6.50. The van der Waals surface area contributed by atoms with Crippen LogP contribution in [0.25, 0.3) is 0 Å². The Morgan fingerprint density at radius 3 is 2.15 bits per heavy atom. The van der Waals surface area contributed by atoms with E-state index in [-0.39, 0.29) is 27.3 Å². The first-order valence-corrected chi connectivity index (χ1v) is 12.9. The summed E-state index contributed by atoms with van der Waals surface area (Å²) in [6, 6.07) is 20.7. The summed E-state index contributed by atoms with van der Waals surface area (Å²) in [5.74, 6) is -1.22. The molecule has 1 aliphatic heterocycles. The van der Waals surface area contributed by atoms with Gasteiger partial charge in [0.25, 0.3) is 11.8 Å². The minimum Gasteiger partial charge on any atom is -0.457 e. The fraction of sp³-hybridized carbons (Fsp3) is 0.0968. The molecule has 0 spiro atoms.